The predicted octanol–water partition coefficient (Wildman–Crippen LogP) is 4.44. The summed E-state index contributed by atoms with van der Waals surface area (Å²) in [7, 11) is 2.31. The highest BCUT2D eigenvalue weighted by molar-refractivity contribution is 5.60. The number of hydrogen-bond donors (Lipinski definition) is 1. The van der Waals surface area contributed by atoms with Gasteiger partial charge in [0.05, 0.1) is 18.3 Å². The number of nitrogens with zero attached hydrogens (tertiary/aromatic N) is 1. The second-order valence-corrected chi connectivity index (χ2v) is 11.7. The summed E-state index contributed by atoms with van der Waals surface area (Å²) >= 11 is 0. The molecule has 2 bridgehead atoms. The molecule has 1 saturated carbocycles. The number of ether oxygens (including phenoxy) is 3. The Hall–Kier alpha value is -2.08. The molecule has 2 saturated heterocycles. The number of likely N-dealkylation sites (N-methyl/N-ethyl adjacent to an activating group) is 1. The summed E-state index contributed by atoms with van der Waals surface area (Å²) in [5.41, 5.74) is 3.81. The smallest absolute Gasteiger partial charge is 0.165 e. The maximum atomic E-state index is 10.7. The molecule has 1 N–H and O–H groups in total. The molecule has 5 nitrogen and oxygen atoms in total. The average Bonchev–Trinajstić information content (AvgIpc) is 3.24. The van der Waals surface area contributed by atoms with Gasteiger partial charge < -0.3 is 24.2 Å². The third kappa shape index (κ3) is 2.66. The molecule has 6 unspecified atom stereocenters. The van der Waals surface area contributed by atoms with E-state index in [9.17, 15) is 5.11 Å². The van der Waals surface area contributed by atoms with E-state index >= 15 is 0 Å². The molecular formula is C29H35NO4. The van der Waals surface area contributed by atoms with Gasteiger partial charge in [-0.3, -0.25) is 0 Å². The van der Waals surface area contributed by atoms with Gasteiger partial charge in [-0.15, -0.1) is 0 Å². The number of piperidine rings is 1. The van der Waals surface area contributed by atoms with Crippen molar-refractivity contribution in [3.8, 4) is 11.5 Å². The van der Waals surface area contributed by atoms with E-state index in [0.717, 1.165) is 50.8 Å². The van der Waals surface area contributed by atoms with E-state index in [2.05, 4.69) is 55.3 Å². The third-order valence-corrected chi connectivity index (χ3v) is 10.4. The first-order chi connectivity index (χ1) is 16.5. The van der Waals surface area contributed by atoms with Crippen LogP contribution in [0.2, 0.25) is 0 Å². The van der Waals surface area contributed by atoms with Crippen LogP contribution >= 0.6 is 0 Å². The van der Waals surface area contributed by atoms with E-state index in [1.165, 1.54) is 16.7 Å². The van der Waals surface area contributed by atoms with Crippen LogP contribution in [-0.2, 0) is 27.7 Å². The number of aromatic hydroxyl groups is 1. The van der Waals surface area contributed by atoms with Gasteiger partial charge in [-0.25, -0.2) is 0 Å². The fourth-order valence-corrected chi connectivity index (χ4v) is 8.70. The number of phenolic OH excluding ortho intramolecular Hbond substituents is 1. The molecule has 3 aliphatic heterocycles. The Kier molecular flexibility index (Phi) is 4.51. The highest BCUT2D eigenvalue weighted by atomic mass is 16.7. The van der Waals surface area contributed by atoms with Gasteiger partial charge in [0.2, 0.25) is 0 Å². The fourth-order valence-electron chi connectivity index (χ4n) is 8.70. The number of benzene rings is 2. The van der Waals surface area contributed by atoms with Crippen molar-refractivity contribution in [3.63, 3.8) is 0 Å². The molecule has 5 heteroatoms. The first-order valence-electron chi connectivity index (χ1n) is 12.9. The van der Waals surface area contributed by atoms with Crippen molar-refractivity contribution in [2.24, 2.45) is 11.3 Å². The van der Waals surface area contributed by atoms with Gasteiger partial charge in [0.25, 0.3) is 0 Å². The lowest BCUT2D eigenvalue weighted by molar-refractivity contribution is -0.279. The van der Waals surface area contributed by atoms with Crippen molar-refractivity contribution < 1.29 is 19.3 Å². The Morgan fingerprint density at radius 1 is 1.12 bits per heavy atom. The summed E-state index contributed by atoms with van der Waals surface area (Å²) in [6.07, 6.45) is 6.53. The monoisotopic (exact) mass is 461 g/mol. The normalized spacial score (nSPS) is 40.5. The van der Waals surface area contributed by atoms with Gasteiger partial charge in [-0.1, -0.05) is 36.4 Å². The van der Waals surface area contributed by atoms with Gasteiger partial charge in [-0.05, 0) is 75.2 Å². The van der Waals surface area contributed by atoms with Crippen LogP contribution in [0.4, 0.5) is 0 Å². The largest absolute Gasteiger partial charge is 0.504 e. The van der Waals surface area contributed by atoms with Crippen LogP contribution in [0.3, 0.4) is 0 Å². The maximum absolute atomic E-state index is 10.7. The molecule has 2 spiro atoms. The van der Waals surface area contributed by atoms with E-state index < -0.39 is 0 Å². The lowest BCUT2D eigenvalue weighted by Gasteiger charge is -2.66. The predicted molar refractivity (Wildman–Crippen MR) is 129 cm³/mol. The molecule has 5 aliphatic rings. The SMILES string of the molecule is CN1CCC23COc4c(O)ccc(c42)CC1C31CCC2OCOC(C)(Cc3ccccc3)C2C1. The van der Waals surface area contributed by atoms with E-state index in [-0.39, 0.29) is 22.5 Å². The number of phenols is 1. The topological polar surface area (TPSA) is 51.2 Å². The minimum absolute atomic E-state index is 0.0398. The molecule has 7 rings (SSSR count). The Labute approximate surface area is 202 Å². The summed E-state index contributed by atoms with van der Waals surface area (Å²) in [6, 6.07) is 15.2. The van der Waals surface area contributed by atoms with Gasteiger partial charge in [0.1, 0.15) is 6.79 Å². The van der Waals surface area contributed by atoms with Gasteiger partial charge in [-0.2, -0.15) is 0 Å². The molecule has 2 aromatic carbocycles. The van der Waals surface area contributed by atoms with Crippen molar-refractivity contribution >= 4 is 0 Å². The van der Waals surface area contributed by atoms with Crippen LogP contribution in [0.1, 0.15) is 49.3 Å². The number of hydrogen-bond acceptors (Lipinski definition) is 5. The summed E-state index contributed by atoms with van der Waals surface area (Å²) < 4.78 is 19.1. The second kappa shape index (κ2) is 7.22. The summed E-state index contributed by atoms with van der Waals surface area (Å²) in [5.74, 6) is 1.38. The Morgan fingerprint density at radius 3 is 2.82 bits per heavy atom. The van der Waals surface area contributed by atoms with Crippen LogP contribution in [0, 0.1) is 11.3 Å². The van der Waals surface area contributed by atoms with Crippen LogP contribution in [-0.4, -0.2) is 54.7 Å². The molecule has 2 aromatic rings. The summed E-state index contributed by atoms with van der Waals surface area (Å²) in [4.78, 5) is 2.61. The minimum Gasteiger partial charge on any atom is -0.504 e. The van der Waals surface area contributed by atoms with Gasteiger partial charge in [0, 0.05) is 29.4 Å². The summed E-state index contributed by atoms with van der Waals surface area (Å²) in [6.45, 7) is 4.46. The zero-order valence-corrected chi connectivity index (χ0v) is 20.3. The zero-order valence-electron chi connectivity index (χ0n) is 20.3. The quantitative estimate of drug-likeness (QED) is 0.717. The van der Waals surface area contributed by atoms with E-state index in [1.807, 2.05) is 6.07 Å². The zero-order chi connectivity index (χ0) is 23.1. The van der Waals surface area contributed by atoms with Crippen LogP contribution in [0.5, 0.6) is 11.5 Å². The number of rotatable bonds is 2. The van der Waals surface area contributed by atoms with E-state index in [0.29, 0.717) is 31.1 Å². The molecule has 3 fully saturated rings. The molecule has 3 heterocycles. The van der Waals surface area contributed by atoms with Gasteiger partial charge >= 0.3 is 0 Å². The van der Waals surface area contributed by atoms with Crippen molar-refractivity contribution in [1.82, 2.24) is 4.90 Å². The molecule has 6 atom stereocenters. The average molecular weight is 462 g/mol. The maximum Gasteiger partial charge on any atom is 0.165 e. The van der Waals surface area contributed by atoms with Crippen LogP contribution in [0.15, 0.2) is 42.5 Å². The Bertz CT molecular complexity index is 1120. The molecule has 180 valence electrons. The Morgan fingerprint density at radius 2 is 1.97 bits per heavy atom. The van der Waals surface area contributed by atoms with E-state index in [1.54, 1.807) is 0 Å². The highest BCUT2D eigenvalue weighted by Gasteiger charge is 2.68. The fraction of sp³-hybridized carbons (Fsp3) is 0.586. The molecule has 0 aromatic heterocycles. The lowest BCUT2D eigenvalue weighted by atomic mass is 9.43. The van der Waals surface area contributed by atoms with Crippen LogP contribution < -0.4 is 4.74 Å². The van der Waals surface area contributed by atoms with Crippen molar-refractivity contribution in [1.29, 1.82) is 0 Å². The van der Waals surface area contributed by atoms with Crippen molar-refractivity contribution in [2.75, 3.05) is 27.0 Å². The van der Waals surface area contributed by atoms with Crippen molar-refractivity contribution in [3.05, 3.63) is 59.2 Å². The van der Waals surface area contributed by atoms with E-state index in [4.69, 9.17) is 14.2 Å². The lowest BCUT2D eigenvalue weighted by Crippen LogP contribution is -2.70. The third-order valence-electron chi connectivity index (χ3n) is 10.4. The van der Waals surface area contributed by atoms with Crippen LogP contribution in [0.25, 0.3) is 0 Å². The molecule has 2 aliphatic carbocycles. The highest BCUT2D eigenvalue weighted by Crippen LogP contribution is 2.68. The first kappa shape index (κ1) is 21.2. The summed E-state index contributed by atoms with van der Waals surface area (Å²) in [5, 5.41) is 10.7. The second-order valence-electron chi connectivity index (χ2n) is 11.7. The van der Waals surface area contributed by atoms with Gasteiger partial charge in [0.15, 0.2) is 11.5 Å². The number of fused-ring (bicyclic) bond motifs is 1. The van der Waals surface area contributed by atoms with Crippen molar-refractivity contribution in [2.45, 2.75) is 68.6 Å². The Balaban J connectivity index is 1.34. The number of likely N-dealkylation sites (tertiary alicyclic amines) is 1. The minimum atomic E-state index is -0.261. The molecular weight excluding hydrogens is 426 g/mol. The molecule has 0 radical (unpaired) electrons. The first-order valence-corrected chi connectivity index (χ1v) is 12.9. The molecule has 34 heavy (non-hydrogen) atoms. The molecule has 0 amide bonds. The standard InChI is InChI=1S/C29H35NO4/c1-27(15-19-6-4-3-5-7-19)21-16-28(11-10-23(21)33-18-34-27)24-14-20-8-9-22(31)26-25(20)29(28,17-32-26)12-13-30(24)2/h3-9,21,23-24,31H,10-18H2,1-2H3.